The second-order valence-electron chi connectivity index (χ2n) is 2.74. The van der Waals surface area contributed by atoms with Crippen LogP contribution < -0.4 is 4.74 Å². The molecule has 0 bridgehead atoms. The van der Waals surface area contributed by atoms with E-state index in [1.165, 1.54) is 12.1 Å². The molecule has 0 unspecified atom stereocenters. The Bertz CT molecular complexity index is 401. The lowest BCUT2D eigenvalue weighted by atomic mass is 10.1. The largest absolute Gasteiger partial charge is 0.492 e. The third kappa shape index (κ3) is 2.56. The van der Waals surface area contributed by atoms with Gasteiger partial charge in [-0.1, -0.05) is 0 Å². The van der Waals surface area contributed by atoms with E-state index in [-0.39, 0.29) is 11.3 Å². The minimum Gasteiger partial charge on any atom is -0.492 e. The maximum atomic E-state index is 10.9. The van der Waals surface area contributed by atoms with Crippen molar-refractivity contribution in [2.75, 3.05) is 6.61 Å². The molecule has 15 heavy (non-hydrogen) atoms. The van der Waals surface area contributed by atoms with Gasteiger partial charge in [0.15, 0.2) is 0 Å². The number of halogens is 1. The quantitative estimate of drug-likeness (QED) is 0.855. The van der Waals surface area contributed by atoms with Gasteiger partial charge in [-0.3, -0.25) is 4.79 Å². The second-order valence-corrected chi connectivity index (χ2v) is 3.59. The van der Waals surface area contributed by atoms with Crippen molar-refractivity contribution in [1.82, 2.24) is 0 Å². The highest BCUT2D eigenvalue weighted by molar-refractivity contribution is 9.10. The molecule has 1 aromatic carbocycles. The van der Waals surface area contributed by atoms with Gasteiger partial charge in [-0.05, 0) is 35.0 Å². The van der Waals surface area contributed by atoms with Gasteiger partial charge in [0.2, 0.25) is 0 Å². The molecule has 1 N–H and O–H groups in total. The number of carboxylic acid groups (broad SMARTS) is 1. The van der Waals surface area contributed by atoms with E-state index < -0.39 is 5.97 Å². The SMILES string of the molecule is CCOc1c(Br)cc(C=O)cc1C(=O)O. The van der Waals surface area contributed by atoms with Gasteiger partial charge in [-0.25, -0.2) is 4.79 Å². The number of aromatic carboxylic acids is 1. The van der Waals surface area contributed by atoms with Gasteiger partial charge < -0.3 is 9.84 Å². The van der Waals surface area contributed by atoms with Gasteiger partial charge in [-0.15, -0.1) is 0 Å². The first-order valence-electron chi connectivity index (χ1n) is 4.25. The average Bonchev–Trinajstić information content (AvgIpc) is 2.20. The van der Waals surface area contributed by atoms with Gasteiger partial charge in [0.25, 0.3) is 0 Å². The lowest BCUT2D eigenvalue weighted by Crippen LogP contribution is -2.04. The molecule has 0 aliphatic rings. The number of hydrogen-bond acceptors (Lipinski definition) is 3. The molecule has 0 spiro atoms. The number of carbonyl (C=O) groups excluding carboxylic acids is 1. The molecular weight excluding hydrogens is 264 g/mol. The van der Waals surface area contributed by atoms with E-state index in [4.69, 9.17) is 9.84 Å². The number of ether oxygens (including phenoxy) is 1. The Hall–Kier alpha value is -1.36. The van der Waals surface area contributed by atoms with Crippen molar-refractivity contribution in [1.29, 1.82) is 0 Å². The van der Waals surface area contributed by atoms with Crippen LogP contribution in [-0.2, 0) is 0 Å². The Balaban J connectivity index is 3.34. The van der Waals surface area contributed by atoms with Crippen LogP contribution >= 0.6 is 15.9 Å². The summed E-state index contributed by atoms with van der Waals surface area (Å²) in [6, 6.07) is 2.80. The van der Waals surface area contributed by atoms with Gasteiger partial charge in [-0.2, -0.15) is 0 Å². The molecular formula is C10H9BrO4. The molecule has 0 aliphatic carbocycles. The van der Waals surface area contributed by atoms with Crippen molar-refractivity contribution in [3.8, 4) is 5.75 Å². The normalized spacial score (nSPS) is 9.73. The van der Waals surface area contributed by atoms with Crippen LogP contribution in [0.1, 0.15) is 27.6 Å². The van der Waals surface area contributed by atoms with Crippen LogP contribution in [0.2, 0.25) is 0 Å². The Morgan fingerprint density at radius 2 is 2.27 bits per heavy atom. The van der Waals surface area contributed by atoms with Crippen LogP contribution in [0.4, 0.5) is 0 Å². The van der Waals surface area contributed by atoms with E-state index in [1.54, 1.807) is 6.92 Å². The first kappa shape index (κ1) is 11.7. The smallest absolute Gasteiger partial charge is 0.339 e. The molecule has 80 valence electrons. The van der Waals surface area contributed by atoms with Crippen molar-refractivity contribution in [3.05, 3.63) is 27.7 Å². The lowest BCUT2D eigenvalue weighted by molar-refractivity contribution is 0.0692. The molecule has 0 atom stereocenters. The minimum atomic E-state index is -1.12. The van der Waals surface area contributed by atoms with Crippen molar-refractivity contribution in [3.63, 3.8) is 0 Å². The summed E-state index contributed by atoms with van der Waals surface area (Å²) in [6.07, 6.45) is 0.590. The molecule has 1 aromatic rings. The maximum Gasteiger partial charge on any atom is 0.339 e. The molecule has 0 heterocycles. The summed E-state index contributed by atoms with van der Waals surface area (Å²) < 4.78 is 5.65. The highest BCUT2D eigenvalue weighted by Crippen LogP contribution is 2.30. The van der Waals surface area contributed by atoms with Crippen molar-refractivity contribution < 1.29 is 19.4 Å². The van der Waals surface area contributed by atoms with Crippen molar-refractivity contribution in [2.24, 2.45) is 0 Å². The summed E-state index contributed by atoms with van der Waals surface area (Å²) in [7, 11) is 0. The highest BCUT2D eigenvalue weighted by atomic mass is 79.9. The molecule has 4 nitrogen and oxygen atoms in total. The maximum absolute atomic E-state index is 10.9. The van der Waals surface area contributed by atoms with E-state index in [0.717, 1.165) is 0 Å². The number of aldehydes is 1. The Morgan fingerprint density at radius 3 is 2.73 bits per heavy atom. The third-order valence-electron chi connectivity index (χ3n) is 1.72. The Labute approximate surface area is 95.0 Å². The molecule has 1 rings (SSSR count). The van der Waals surface area contributed by atoms with Gasteiger partial charge in [0.05, 0.1) is 11.1 Å². The number of carboxylic acids is 1. The lowest BCUT2D eigenvalue weighted by Gasteiger charge is -2.09. The van der Waals surface area contributed by atoms with E-state index in [9.17, 15) is 9.59 Å². The van der Waals surface area contributed by atoms with Crippen LogP contribution in [0.15, 0.2) is 16.6 Å². The molecule has 0 aromatic heterocycles. The molecule has 0 amide bonds. The fraction of sp³-hybridized carbons (Fsp3) is 0.200. The second kappa shape index (κ2) is 4.93. The van der Waals surface area contributed by atoms with Crippen LogP contribution in [0.5, 0.6) is 5.75 Å². The summed E-state index contributed by atoms with van der Waals surface area (Å²) in [6.45, 7) is 2.12. The summed E-state index contributed by atoms with van der Waals surface area (Å²) in [5, 5.41) is 8.92. The van der Waals surface area contributed by atoms with Gasteiger partial charge >= 0.3 is 5.97 Å². The molecule has 5 heteroatoms. The standard InChI is InChI=1S/C10H9BrO4/c1-2-15-9-7(10(13)14)3-6(5-12)4-8(9)11/h3-5H,2H2,1H3,(H,13,14). The highest BCUT2D eigenvalue weighted by Gasteiger charge is 2.15. The molecule has 0 saturated carbocycles. The zero-order chi connectivity index (χ0) is 11.4. The number of hydrogen-bond donors (Lipinski definition) is 1. The average molecular weight is 273 g/mol. The molecule has 0 radical (unpaired) electrons. The van der Waals surface area contributed by atoms with Gasteiger partial charge in [0.1, 0.15) is 17.6 Å². The fourth-order valence-corrected chi connectivity index (χ4v) is 1.72. The minimum absolute atomic E-state index is 0.0201. The van der Waals surface area contributed by atoms with Crippen LogP contribution in [0, 0.1) is 0 Å². The number of carbonyl (C=O) groups is 2. The molecule has 0 aliphatic heterocycles. The van der Waals surface area contributed by atoms with E-state index in [2.05, 4.69) is 15.9 Å². The van der Waals surface area contributed by atoms with Crippen LogP contribution in [-0.4, -0.2) is 24.0 Å². The van der Waals surface area contributed by atoms with Gasteiger partial charge in [0, 0.05) is 5.56 Å². The van der Waals surface area contributed by atoms with E-state index >= 15 is 0 Å². The van der Waals surface area contributed by atoms with E-state index in [0.29, 0.717) is 22.9 Å². The third-order valence-corrected chi connectivity index (χ3v) is 2.31. The molecule has 0 fully saturated rings. The topological polar surface area (TPSA) is 63.6 Å². The van der Waals surface area contributed by atoms with Crippen molar-refractivity contribution >= 4 is 28.2 Å². The predicted molar refractivity (Wildman–Crippen MR) is 57.7 cm³/mol. The van der Waals surface area contributed by atoms with E-state index in [1.807, 2.05) is 0 Å². The zero-order valence-electron chi connectivity index (χ0n) is 7.99. The Morgan fingerprint density at radius 1 is 1.60 bits per heavy atom. The predicted octanol–water partition coefficient (Wildman–Crippen LogP) is 2.36. The number of rotatable bonds is 4. The monoisotopic (exact) mass is 272 g/mol. The summed E-state index contributed by atoms with van der Waals surface area (Å²) >= 11 is 3.16. The zero-order valence-corrected chi connectivity index (χ0v) is 9.58. The van der Waals surface area contributed by atoms with Crippen LogP contribution in [0.3, 0.4) is 0 Å². The summed E-state index contributed by atoms with van der Waals surface area (Å²) in [5.74, 6) is -0.876. The Kier molecular flexibility index (Phi) is 3.85. The van der Waals surface area contributed by atoms with Crippen molar-refractivity contribution in [2.45, 2.75) is 6.92 Å². The van der Waals surface area contributed by atoms with Crippen LogP contribution in [0.25, 0.3) is 0 Å². The molecule has 0 saturated heterocycles. The summed E-state index contributed by atoms with van der Waals surface area (Å²) in [4.78, 5) is 21.4. The summed E-state index contributed by atoms with van der Waals surface area (Å²) in [5.41, 5.74) is 0.274. The first-order valence-corrected chi connectivity index (χ1v) is 5.04. The number of benzene rings is 1. The first-order chi connectivity index (χ1) is 7.10. The fourth-order valence-electron chi connectivity index (χ4n) is 1.13.